The van der Waals surface area contributed by atoms with Gasteiger partial charge in [-0.15, -0.1) is 0 Å². The van der Waals surface area contributed by atoms with E-state index in [4.69, 9.17) is 11.8 Å². The third-order valence-electron chi connectivity index (χ3n) is 1.30. The maximum atomic E-state index is 11.0. The Kier molecular flexibility index (Phi) is 2.94. The molecule has 1 aromatic rings. The van der Waals surface area contributed by atoms with Crippen LogP contribution >= 0.6 is 11.8 Å². The molecular formula is C8H9ClN2O. The van der Waals surface area contributed by atoms with Gasteiger partial charge in [0.05, 0.1) is 0 Å². The van der Waals surface area contributed by atoms with Crippen LogP contribution in [0.5, 0.6) is 0 Å². The molecule has 12 heavy (non-hydrogen) atoms. The summed E-state index contributed by atoms with van der Waals surface area (Å²) in [5.74, 6) is 0. The van der Waals surface area contributed by atoms with Gasteiger partial charge in [-0.3, -0.25) is 0 Å². The molecule has 4 heteroatoms. The zero-order valence-electron chi connectivity index (χ0n) is 6.62. The number of benzene rings is 1. The average molecular weight is 185 g/mol. The largest absolute Gasteiger partial charge is 0.336 e. The van der Waals surface area contributed by atoms with Gasteiger partial charge in [-0.05, 0) is 12.1 Å². The number of urea groups is 1. The van der Waals surface area contributed by atoms with Crippen LogP contribution < -0.4 is 5.32 Å². The lowest BCUT2D eigenvalue weighted by Crippen LogP contribution is -2.22. The minimum atomic E-state index is -0.345. The summed E-state index contributed by atoms with van der Waals surface area (Å²) in [6, 6.07) is 8.78. The summed E-state index contributed by atoms with van der Waals surface area (Å²) in [6.45, 7) is 0. The van der Waals surface area contributed by atoms with E-state index in [-0.39, 0.29) is 6.03 Å². The van der Waals surface area contributed by atoms with Crippen LogP contribution in [0.4, 0.5) is 10.5 Å². The van der Waals surface area contributed by atoms with E-state index in [1.54, 1.807) is 12.1 Å². The predicted octanol–water partition coefficient (Wildman–Crippen LogP) is 2.30. The molecule has 0 unspecified atom stereocenters. The van der Waals surface area contributed by atoms with Crippen molar-refractivity contribution in [2.45, 2.75) is 0 Å². The Morgan fingerprint density at radius 3 is 2.50 bits per heavy atom. The van der Waals surface area contributed by atoms with Gasteiger partial charge in [0.25, 0.3) is 0 Å². The average Bonchev–Trinajstić information content (AvgIpc) is 2.06. The van der Waals surface area contributed by atoms with E-state index in [0.717, 1.165) is 10.1 Å². The molecule has 0 fully saturated rings. The fourth-order valence-electron chi connectivity index (χ4n) is 0.722. The van der Waals surface area contributed by atoms with E-state index < -0.39 is 0 Å². The van der Waals surface area contributed by atoms with E-state index >= 15 is 0 Å². The molecule has 0 saturated carbocycles. The van der Waals surface area contributed by atoms with Crippen LogP contribution in [0.2, 0.25) is 0 Å². The molecule has 3 nitrogen and oxygen atoms in total. The predicted molar refractivity (Wildman–Crippen MR) is 49.1 cm³/mol. The van der Waals surface area contributed by atoms with Crippen molar-refractivity contribution in [1.82, 2.24) is 4.42 Å². The summed E-state index contributed by atoms with van der Waals surface area (Å²) in [6.07, 6.45) is 0. The van der Waals surface area contributed by atoms with Gasteiger partial charge in [0.1, 0.15) is 0 Å². The Labute approximate surface area is 76.0 Å². The summed E-state index contributed by atoms with van der Waals surface area (Å²) in [4.78, 5) is 11.0. The first-order chi connectivity index (χ1) is 5.70. The highest BCUT2D eigenvalue weighted by Gasteiger charge is 2.03. The first-order valence-corrected chi connectivity index (χ1v) is 3.79. The molecule has 0 aliphatic rings. The zero-order chi connectivity index (χ0) is 8.97. The van der Waals surface area contributed by atoms with Crippen LogP contribution in [-0.4, -0.2) is 17.5 Å². The number of amides is 2. The molecule has 0 bridgehead atoms. The molecule has 1 rings (SSSR count). The second-order valence-corrected chi connectivity index (χ2v) is 2.78. The molecule has 2 amide bonds. The van der Waals surface area contributed by atoms with Crippen molar-refractivity contribution in [3.63, 3.8) is 0 Å². The molecule has 0 aliphatic heterocycles. The highest BCUT2D eigenvalue weighted by Crippen LogP contribution is 2.06. The van der Waals surface area contributed by atoms with E-state index in [9.17, 15) is 4.79 Å². The lowest BCUT2D eigenvalue weighted by Gasteiger charge is -2.08. The standard InChI is InChI=1S/C8H9ClN2O/c1-11(9)8(12)10-7-5-3-2-4-6-7/h2-6H,1H3,(H,10,12). The number of carbonyl (C=O) groups excluding carboxylic acids is 1. The van der Waals surface area contributed by atoms with Gasteiger partial charge in [0, 0.05) is 24.5 Å². The fraction of sp³-hybridized carbons (Fsp3) is 0.125. The number of anilines is 1. The fourth-order valence-corrected chi connectivity index (χ4v) is 0.764. The lowest BCUT2D eigenvalue weighted by molar-refractivity contribution is 0.241. The summed E-state index contributed by atoms with van der Waals surface area (Å²) in [5, 5.41) is 2.60. The van der Waals surface area contributed by atoms with Gasteiger partial charge in [-0.2, -0.15) is 0 Å². The molecule has 0 radical (unpaired) electrons. The number of hydrogen-bond acceptors (Lipinski definition) is 1. The highest BCUT2D eigenvalue weighted by molar-refractivity contribution is 6.22. The van der Waals surface area contributed by atoms with Crippen LogP contribution in [0.1, 0.15) is 0 Å². The molecule has 64 valence electrons. The maximum Gasteiger partial charge on any atom is 0.336 e. The minimum absolute atomic E-state index is 0.345. The molecule has 0 aromatic heterocycles. The van der Waals surface area contributed by atoms with Gasteiger partial charge in [0.2, 0.25) is 0 Å². The number of nitrogens with one attached hydrogen (secondary N) is 1. The third-order valence-corrected chi connectivity index (χ3v) is 1.46. The maximum absolute atomic E-state index is 11.0. The quantitative estimate of drug-likeness (QED) is 0.668. The molecule has 1 N–H and O–H groups in total. The number of para-hydroxylation sites is 1. The van der Waals surface area contributed by atoms with Crippen LogP contribution in [0.3, 0.4) is 0 Å². The zero-order valence-corrected chi connectivity index (χ0v) is 7.38. The Morgan fingerprint density at radius 2 is 2.00 bits per heavy atom. The number of rotatable bonds is 1. The first kappa shape index (κ1) is 8.87. The normalized spacial score (nSPS) is 9.17. The van der Waals surface area contributed by atoms with Crippen molar-refractivity contribution in [3.05, 3.63) is 30.3 Å². The van der Waals surface area contributed by atoms with Crippen LogP contribution in [0.15, 0.2) is 30.3 Å². The van der Waals surface area contributed by atoms with Gasteiger partial charge < -0.3 is 5.32 Å². The molecular weight excluding hydrogens is 176 g/mol. The minimum Gasteiger partial charge on any atom is -0.307 e. The number of halogens is 1. The summed E-state index contributed by atoms with van der Waals surface area (Å²) < 4.78 is 0.965. The molecule has 0 spiro atoms. The van der Waals surface area contributed by atoms with Crippen molar-refractivity contribution in [2.75, 3.05) is 12.4 Å². The Balaban J connectivity index is 2.59. The molecule has 0 heterocycles. The van der Waals surface area contributed by atoms with Crippen molar-refractivity contribution in [3.8, 4) is 0 Å². The first-order valence-electron chi connectivity index (χ1n) is 3.45. The topological polar surface area (TPSA) is 32.3 Å². The second kappa shape index (κ2) is 3.97. The van der Waals surface area contributed by atoms with Gasteiger partial charge in [-0.1, -0.05) is 18.2 Å². The summed E-state index contributed by atoms with van der Waals surface area (Å²) in [5.41, 5.74) is 0.731. The molecule has 0 aliphatic carbocycles. The highest BCUT2D eigenvalue weighted by atomic mass is 35.5. The summed E-state index contributed by atoms with van der Waals surface area (Å²) in [7, 11) is 1.47. The van der Waals surface area contributed by atoms with Crippen molar-refractivity contribution in [2.24, 2.45) is 0 Å². The number of nitrogens with zero attached hydrogens (tertiary/aromatic N) is 1. The SMILES string of the molecule is CN(Cl)C(=O)Nc1ccccc1. The summed E-state index contributed by atoms with van der Waals surface area (Å²) >= 11 is 5.40. The van der Waals surface area contributed by atoms with Gasteiger partial charge >= 0.3 is 6.03 Å². The van der Waals surface area contributed by atoms with Crippen LogP contribution in [0.25, 0.3) is 0 Å². The smallest absolute Gasteiger partial charge is 0.307 e. The molecule has 0 atom stereocenters. The van der Waals surface area contributed by atoms with Crippen LogP contribution in [-0.2, 0) is 0 Å². The lowest BCUT2D eigenvalue weighted by atomic mass is 10.3. The Morgan fingerprint density at radius 1 is 1.42 bits per heavy atom. The van der Waals surface area contributed by atoms with Gasteiger partial charge in [0.15, 0.2) is 0 Å². The molecule has 1 aromatic carbocycles. The van der Waals surface area contributed by atoms with Crippen LogP contribution in [0, 0.1) is 0 Å². The van der Waals surface area contributed by atoms with Crippen molar-refractivity contribution < 1.29 is 4.79 Å². The second-order valence-electron chi connectivity index (χ2n) is 2.27. The monoisotopic (exact) mass is 184 g/mol. The third kappa shape index (κ3) is 2.43. The molecule has 0 saturated heterocycles. The van der Waals surface area contributed by atoms with E-state index in [1.807, 2.05) is 18.2 Å². The number of carbonyl (C=O) groups is 1. The van der Waals surface area contributed by atoms with E-state index in [2.05, 4.69) is 5.32 Å². The van der Waals surface area contributed by atoms with Crippen molar-refractivity contribution in [1.29, 1.82) is 0 Å². The van der Waals surface area contributed by atoms with E-state index in [0.29, 0.717) is 0 Å². The van der Waals surface area contributed by atoms with Crippen molar-refractivity contribution >= 4 is 23.5 Å². The Bertz CT molecular complexity index is 261. The van der Waals surface area contributed by atoms with E-state index in [1.165, 1.54) is 7.05 Å². The Hall–Kier alpha value is -1.22. The number of hydrogen-bond donors (Lipinski definition) is 1. The van der Waals surface area contributed by atoms with Gasteiger partial charge in [-0.25, -0.2) is 9.21 Å².